The molecule has 4 aromatic heterocycles. The Bertz CT molecular complexity index is 1370. The van der Waals surface area contributed by atoms with E-state index in [4.69, 9.17) is 0 Å². The van der Waals surface area contributed by atoms with Crippen LogP contribution < -0.4 is 10.6 Å². The molecule has 0 atom stereocenters. The lowest BCUT2D eigenvalue weighted by atomic mass is 9.74. The number of hydrogen-bond donors (Lipinski definition) is 3. The van der Waals surface area contributed by atoms with E-state index in [9.17, 15) is 13.6 Å². The van der Waals surface area contributed by atoms with E-state index >= 15 is 0 Å². The molecule has 1 aliphatic rings. The lowest BCUT2D eigenvalue weighted by molar-refractivity contribution is -0.123. The van der Waals surface area contributed by atoms with E-state index in [1.54, 1.807) is 19.3 Å². The minimum Gasteiger partial charge on any atom is -0.351 e. The van der Waals surface area contributed by atoms with Crippen molar-refractivity contribution in [2.45, 2.75) is 64.6 Å². The van der Waals surface area contributed by atoms with Gasteiger partial charge in [-0.15, -0.1) is 0 Å². The number of nitrogens with zero attached hydrogens (tertiary/aromatic N) is 5. The van der Waals surface area contributed by atoms with Crippen LogP contribution in [0, 0.1) is 6.92 Å². The van der Waals surface area contributed by atoms with E-state index < -0.39 is 13.0 Å². The predicted octanol–water partition coefficient (Wildman–Crippen LogP) is 3.80. The van der Waals surface area contributed by atoms with Crippen molar-refractivity contribution >= 4 is 34.1 Å². The summed E-state index contributed by atoms with van der Waals surface area (Å²) in [4.78, 5) is 32.6. The standard InChI is InChI=1S/C23H26F2N8O/c1-4-19(34)32-23(3)6-14(7-23)30-22-28-10-16-15(9-27-20(16)31-22)13-5-17-21(26-8-13)29-12(2)33(17)11-18(24)25/h5,8-10,14,18H,4,6-7,11H2,1-3H3,(H,32,34)(H2,27,28,30,31). The van der Waals surface area contributed by atoms with Gasteiger partial charge < -0.3 is 20.2 Å². The second-order valence-corrected chi connectivity index (χ2v) is 9.10. The van der Waals surface area contributed by atoms with Gasteiger partial charge in [-0.25, -0.2) is 23.7 Å². The van der Waals surface area contributed by atoms with Crippen molar-refractivity contribution in [1.82, 2.24) is 34.8 Å². The smallest absolute Gasteiger partial charge is 0.256 e. The number of carbonyl (C=O) groups excluding carboxylic acids is 1. The first-order chi connectivity index (χ1) is 16.2. The summed E-state index contributed by atoms with van der Waals surface area (Å²) in [5, 5.41) is 7.19. The van der Waals surface area contributed by atoms with Crippen LogP contribution >= 0.6 is 0 Å². The second-order valence-electron chi connectivity index (χ2n) is 9.10. The second kappa shape index (κ2) is 8.30. The number of rotatable bonds is 7. The summed E-state index contributed by atoms with van der Waals surface area (Å²) >= 11 is 0. The highest BCUT2D eigenvalue weighted by Crippen LogP contribution is 2.34. The molecule has 0 saturated heterocycles. The summed E-state index contributed by atoms with van der Waals surface area (Å²) in [6.45, 7) is 5.15. The quantitative estimate of drug-likeness (QED) is 0.380. The fourth-order valence-corrected chi connectivity index (χ4v) is 4.69. The normalized spacial score (nSPS) is 20.1. The van der Waals surface area contributed by atoms with Gasteiger partial charge >= 0.3 is 0 Å². The van der Waals surface area contributed by atoms with Crippen LogP contribution in [0.5, 0.6) is 0 Å². The van der Waals surface area contributed by atoms with E-state index in [0.29, 0.717) is 35.0 Å². The van der Waals surface area contributed by atoms with E-state index in [0.717, 1.165) is 29.4 Å². The van der Waals surface area contributed by atoms with E-state index in [2.05, 4.69) is 35.6 Å². The maximum absolute atomic E-state index is 13.0. The number of amides is 1. The number of hydrogen-bond acceptors (Lipinski definition) is 6. The summed E-state index contributed by atoms with van der Waals surface area (Å²) in [6, 6.07) is 2.00. The molecule has 0 bridgehead atoms. The lowest BCUT2D eigenvalue weighted by Crippen LogP contribution is -2.59. The summed E-state index contributed by atoms with van der Waals surface area (Å²) < 4.78 is 27.6. The van der Waals surface area contributed by atoms with Gasteiger partial charge in [0, 0.05) is 53.1 Å². The molecule has 3 N–H and O–H groups in total. The number of aryl methyl sites for hydroxylation is 1. The van der Waals surface area contributed by atoms with Gasteiger partial charge in [-0.2, -0.15) is 4.98 Å². The molecule has 0 radical (unpaired) electrons. The number of aromatic nitrogens is 6. The Balaban J connectivity index is 1.36. The minimum absolute atomic E-state index is 0.0534. The van der Waals surface area contributed by atoms with Gasteiger partial charge in [0.2, 0.25) is 11.9 Å². The number of nitrogens with one attached hydrogen (secondary N) is 3. The molecule has 11 heteroatoms. The molecule has 1 amide bonds. The number of carbonyl (C=O) groups is 1. The Morgan fingerprint density at radius 3 is 2.82 bits per heavy atom. The first-order valence-corrected chi connectivity index (χ1v) is 11.3. The van der Waals surface area contributed by atoms with Crippen molar-refractivity contribution < 1.29 is 13.6 Å². The molecule has 5 rings (SSSR count). The molecule has 0 spiro atoms. The number of H-pyrrole nitrogens is 1. The Morgan fingerprint density at radius 1 is 1.29 bits per heavy atom. The number of halogens is 2. The number of anilines is 1. The van der Waals surface area contributed by atoms with Crippen molar-refractivity contribution in [2.75, 3.05) is 5.32 Å². The molecule has 0 unspecified atom stereocenters. The number of alkyl halides is 2. The summed E-state index contributed by atoms with van der Waals surface area (Å²) in [5.41, 5.74) is 3.05. The Labute approximate surface area is 194 Å². The van der Waals surface area contributed by atoms with Crippen LogP contribution in [-0.2, 0) is 11.3 Å². The Hall–Kier alpha value is -3.63. The number of fused-ring (bicyclic) bond motifs is 2. The predicted molar refractivity (Wildman–Crippen MR) is 125 cm³/mol. The molecule has 9 nitrogen and oxygen atoms in total. The monoisotopic (exact) mass is 468 g/mol. The maximum Gasteiger partial charge on any atom is 0.256 e. The van der Waals surface area contributed by atoms with Crippen LogP contribution in [0.25, 0.3) is 33.3 Å². The fraction of sp³-hybridized carbons (Fsp3) is 0.435. The Kier molecular flexibility index (Phi) is 5.41. The minimum atomic E-state index is -2.48. The molecule has 1 saturated carbocycles. The van der Waals surface area contributed by atoms with Crippen LogP contribution in [-0.4, -0.2) is 53.4 Å². The zero-order chi connectivity index (χ0) is 24.0. The van der Waals surface area contributed by atoms with E-state index in [1.807, 2.05) is 26.1 Å². The van der Waals surface area contributed by atoms with Crippen molar-refractivity contribution in [3.8, 4) is 11.1 Å². The summed E-state index contributed by atoms with van der Waals surface area (Å²) in [6.07, 6.45) is 4.81. The third-order valence-electron chi connectivity index (χ3n) is 6.35. The molecule has 1 aliphatic carbocycles. The van der Waals surface area contributed by atoms with Crippen molar-refractivity contribution in [3.05, 3.63) is 30.5 Å². The van der Waals surface area contributed by atoms with Crippen molar-refractivity contribution in [2.24, 2.45) is 0 Å². The first kappa shape index (κ1) is 22.2. The molecule has 4 aromatic rings. The van der Waals surface area contributed by atoms with E-state index in [-0.39, 0.29) is 17.5 Å². The first-order valence-electron chi connectivity index (χ1n) is 11.3. The highest BCUT2D eigenvalue weighted by atomic mass is 19.3. The van der Waals surface area contributed by atoms with Gasteiger partial charge in [0.15, 0.2) is 5.65 Å². The molecule has 4 heterocycles. The molecule has 178 valence electrons. The molecule has 0 aliphatic heterocycles. The van der Waals surface area contributed by atoms with Crippen LogP contribution in [0.4, 0.5) is 14.7 Å². The van der Waals surface area contributed by atoms with Gasteiger partial charge in [0.05, 0.1) is 12.1 Å². The van der Waals surface area contributed by atoms with Crippen LogP contribution in [0.3, 0.4) is 0 Å². The topological polar surface area (TPSA) is 113 Å². The average Bonchev–Trinajstić information content (AvgIpc) is 3.32. The van der Waals surface area contributed by atoms with Gasteiger partial charge in [0.1, 0.15) is 11.5 Å². The molecule has 0 aromatic carbocycles. The summed E-state index contributed by atoms with van der Waals surface area (Å²) in [7, 11) is 0. The third kappa shape index (κ3) is 4.06. The van der Waals surface area contributed by atoms with E-state index in [1.165, 1.54) is 4.57 Å². The number of imidazole rings is 1. The third-order valence-corrected chi connectivity index (χ3v) is 6.35. The largest absolute Gasteiger partial charge is 0.351 e. The number of aromatic amines is 1. The maximum atomic E-state index is 13.0. The lowest BCUT2D eigenvalue weighted by Gasteiger charge is -2.45. The Morgan fingerprint density at radius 2 is 2.09 bits per heavy atom. The zero-order valence-corrected chi connectivity index (χ0v) is 19.2. The van der Waals surface area contributed by atoms with Gasteiger partial charge in [0.25, 0.3) is 6.43 Å². The van der Waals surface area contributed by atoms with Gasteiger partial charge in [-0.3, -0.25) is 4.79 Å². The van der Waals surface area contributed by atoms with Crippen LogP contribution in [0.1, 0.15) is 38.9 Å². The molecular formula is C23H26F2N8O. The van der Waals surface area contributed by atoms with Crippen molar-refractivity contribution in [1.29, 1.82) is 0 Å². The summed E-state index contributed by atoms with van der Waals surface area (Å²) in [5.74, 6) is 1.06. The zero-order valence-electron chi connectivity index (χ0n) is 19.2. The fourth-order valence-electron chi connectivity index (χ4n) is 4.69. The van der Waals surface area contributed by atoms with Crippen LogP contribution in [0.15, 0.2) is 24.7 Å². The van der Waals surface area contributed by atoms with Gasteiger partial charge in [-0.1, -0.05) is 6.92 Å². The van der Waals surface area contributed by atoms with Gasteiger partial charge in [-0.05, 0) is 32.8 Å². The highest BCUT2D eigenvalue weighted by molar-refractivity contribution is 5.95. The molecular weight excluding hydrogens is 442 g/mol. The van der Waals surface area contributed by atoms with Crippen LogP contribution in [0.2, 0.25) is 0 Å². The van der Waals surface area contributed by atoms with Crippen molar-refractivity contribution in [3.63, 3.8) is 0 Å². The average molecular weight is 469 g/mol. The SMILES string of the molecule is CCC(=O)NC1(C)CC(Nc2ncc3c(-c4cnc5nc(C)n(CC(F)F)c5c4)c[nH]c3n2)C1. The molecule has 1 fully saturated rings. The number of pyridine rings is 1. The molecule has 34 heavy (non-hydrogen) atoms. The highest BCUT2D eigenvalue weighted by Gasteiger charge is 2.41.